The molecule has 0 spiro atoms. The van der Waals surface area contributed by atoms with Crippen molar-refractivity contribution in [1.82, 2.24) is 0 Å². The van der Waals surface area contributed by atoms with E-state index in [1.54, 1.807) is 0 Å². The third kappa shape index (κ3) is 5.13. The van der Waals surface area contributed by atoms with Crippen LogP contribution >= 0.6 is 11.6 Å². The minimum atomic E-state index is -0.456. The van der Waals surface area contributed by atoms with Crippen molar-refractivity contribution < 1.29 is 14.7 Å². The van der Waals surface area contributed by atoms with Gasteiger partial charge in [0.05, 0.1) is 36.9 Å². The lowest BCUT2D eigenvalue weighted by molar-refractivity contribution is -0.903. The fraction of sp³-hybridized carbons (Fsp3) is 0.429. The van der Waals surface area contributed by atoms with Crippen molar-refractivity contribution in [1.29, 1.82) is 0 Å². The predicted octanol–water partition coefficient (Wildman–Crippen LogP) is 2.05. The van der Waals surface area contributed by atoms with Crippen LogP contribution in [0.4, 0.5) is 5.69 Å². The molecule has 1 atom stereocenters. The van der Waals surface area contributed by atoms with Gasteiger partial charge in [0.25, 0.3) is 0 Å². The standard InChI is InChI=1S/C21H27ClN2O2/c1-2-17-6-5-7-19(14-17)26-16-18(25)15-23-10-12-24(13-11-23)21-9-4-3-8-20(21)22/h3-9,14,18,25H,2,10-13,15-16H2,1H3/p+1/t18-/m1/s1. The summed E-state index contributed by atoms with van der Waals surface area (Å²) in [4.78, 5) is 3.73. The predicted molar refractivity (Wildman–Crippen MR) is 107 cm³/mol. The highest BCUT2D eigenvalue weighted by Gasteiger charge is 2.23. The van der Waals surface area contributed by atoms with E-state index in [0.717, 1.165) is 49.1 Å². The Hall–Kier alpha value is -1.75. The molecule has 0 radical (unpaired) electrons. The fourth-order valence-electron chi connectivity index (χ4n) is 3.42. The summed E-state index contributed by atoms with van der Waals surface area (Å²) in [6.45, 7) is 7.06. The first-order valence-corrected chi connectivity index (χ1v) is 9.76. The smallest absolute Gasteiger partial charge is 0.137 e. The monoisotopic (exact) mass is 375 g/mol. The van der Waals surface area contributed by atoms with Crippen molar-refractivity contribution in [3.05, 3.63) is 59.1 Å². The average Bonchev–Trinajstić information content (AvgIpc) is 2.68. The summed E-state index contributed by atoms with van der Waals surface area (Å²) in [6, 6.07) is 16.1. The van der Waals surface area contributed by atoms with Gasteiger partial charge in [-0.1, -0.05) is 42.8 Å². The number of benzene rings is 2. The second-order valence-electron chi connectivity index (χ2n) is 6.86. The van der Waals surface area contributed by atoms with Gasteiger partial charge in [0.15, 0.2) is 0 Å². The molecule has 1 saturated heterocycles. The largest absolute Gasteiger partial charge is 0.491 e. The zero-order chi connectivity index (χ0) is 18.4. The summed E-state index contributed by atoms with van der Waals surface area (Å²) in [5, 5.41) is 11.1. The molecular weight excluding hydrogens is 348 g/mol. The molecule has 26 heavy (non-hydrogen) atoms. The zero-order valence-electron chi connectivity index (χ0n) is 15.3. The Kier molecular flexibility index (Phi) is 6.78. The van der Waals surface area contributed by atoms with E-state index in [1.807, 2.05) is 36.4 Å². The number of hydrogen-bond donors (Lipinski definition) is 2. The summed E-state index contributed by atoms with van der Waals surface area (Å²) in [6.07, 6.45) is 0.529. The van der Waals surface area contributed by atoms with Gasteiger partial charge in [-0.2, -0.15) is 0 Å². The normalized spacial score (nSPS) is 16.5. The maximum Gasteiger partial charge on any atom is 0.137 e. The number of quaternary nitrogens is 1. The van der Waals surface area contributed by atoms with Gasteiger partial charge < -0.3 is 19.6 Å². The van der Waals surface area contributed by atoms with Crippen molar-refractivity contribution in [3.8, 4) is 5.75 Å². The van der Waals surface area contributed by atoms with Crippen LogP contribution in [0.25, 0.3) is 0 Å². The molecule has 2 N–H and O–H groups in total. The highest BCUT2D eigenvalue weighted by molar-refractivity contribution is 6.33. The molecule has 4 nitrogen and oxygen atoms in total. The number of halogens is 1. The molecule has 1 fully saturated rings. The summed E-state index contributed by atoms with van der Waals surface area (Å²) in [5.41, 5.74) is 2.35. The molecule has 1 aliphatic heterocycles. The Bertz CT molecular complexity index is 702. The maximum absolute atomic E-state index is 10.3. The molecule has 0 aliphatic carbocycles. The van der Waals surface area contributed by atoms with Crippen molar-refractivity contribution >= 4 is 17.3 Å². The van der Waals surface area contributed by atoms with E-state index < -0.39 is 6.10 Å². The number of para-hydroxylation sites is 1. The number of ether oxygens (including phenoxy) is 1. The third-order valence-electron chi connectivity index (χ3n) is 4.94. The highest BCUT2D eigenvalue weighted by Crippen LogP contribution is 2.24. The molecule has 2 aromatic rings. The van der Waals surface area contributed by atoms with E-state index >= 15 is 0 Å². The lowest BCUT2D eigenvalue weighted by Crippen LogP contribution is -3.16. The number of nitrogens with zero attached hydrogens (tertiary/aromatic N) is 1. The Morgan fingerprint density at radius 3 is 2.65 bits per heavy atom. The average molecular weight is 376 g/mol. The van der Waals surface area contributed by atoms with Crippen LogP contribution in [-0.2, 0) is 6.42 Å². The minimum absolute atomic E-state index is 0.338. The molecule has 0 bridgehead atoms. The van der Waals surface area contributed by atoms with Gasteiger partial charge >= 0.3 is 0 Å². The molecule has 0 amide bonds. The van der Waals surface area contributed by atoms with Gasteiger partial charge in [-0.25, -0.2) is 0 Å². The number of aliphatic hydroxyl groups excluding tert-OH is 1. The summed E-state index contributed by atoms with van der Waals surface area (Å²) >= 11 is 6.29. The zero-order valence-corrected chi connectivity index (χ0v) is 16.1. The summed E-state index contributed by atoms with van der Waals surface area (Å²) < 4.78 is 5.77. The van der Waals surface area contributed by atoms with Gasteiger partial charge in [-0.3, -0.25) is 0 Å². The topological polar surface area (TPSA) is 37.1 Å². The van der Waals surface area contributed by atoms with Crippen LogP contribution in [0.5, 0.6) is 5.75 Å². The molecular formula is C21H28ClN2O2+. The van der Waals surface area contributed by atoms with Crippen molar-refractivity contribution in [3.63, 3.8) is 0 Å². The molecule has 0 aromatic heterocycles. The number of hydrogen-bond acceptors (Lipinski definition) is 3. The summed E-state index contributed by atoms with van der Waals surface area (Å²) in [5.74, 6) is 0.835. The second kappa shape index (κ2) is 9.26. The van der Waals surface area contributed by atoms with Crippen LogP contribution in [0.3, 0.4) is 0 Å². The quantitative estimate of drug-likeness (QED) is 0.777. The number of rotatable bonds is 7. The van der Waals surface area contributed by atoms with Gasteiger partial charge in [0.2, 0.25) is 0 Å². The first-order valence-electron chi connectivity index (χ1n) is 9.38. The van der Waals surface area contributed by atoms with E-state index in [0.29, 0.717) is 13.2 Å². The van der Waals surface area contributed by atoms with Crippen molar-refractivity contribution in [2.75, 3.05) is 44.2 Å². The lowest BCUT2D eigenvalue weighted by Gasteiger charge is -2.34. The number of aryl methyl sites for hydroxylation is 1. The van der Waals surface area contributed by atoms with E-state index in [9.17, 15) is 5.11 Å². The van der Waals surface area contributed by atoms with Crippen LogP contribution < -0.4 is 14.5 Å². The number of aliphatic hydroxyl groups is 1. The third-order valence-corrected chi connectivity index (χ3v) is 5.26. The first-order chi connectivity index (χ1) is 12.7. The van der Waals surface area contributed by atoms with Crippen LogP contribution in [0.1, 0.15) is 12.5 Å². The van der Waals surface area contributed by atoms with Crippen LogP contribution in [0, 0.1) is 0 Å². The lowest BCUT2D eigenvalue weighted by atomic mass is 10.2. The molecule has 0 unspecified atom stereocenters. The summed E-state index contributed by atoms with van der Waals surface area (Å²) in [7, 11) is 0. The van der Waals surface area contributed by atoms with E-state index in [4.69, 9.17) is 16.3 Å². The van der Waals surface area contributed by atoms with Gasteiger partial charge in [-0.15, -0.1) is 0 Å². The highest BCUT2D eigenvalue weighted by atomic mass is 35.5. The fourth-order valence-corrected chi connectivity index (χ4v) is 3.67. The molecule has 140 valence electrons. The number of anilines is 1. The van der Waals surface area contributed by atoms with Crippen LogP contribution in [0.2, 0.25) is 5.02 Å². The molecule has 1 heterocycles. The molecule has 3 rings (SSSR count). The number of nitrogens with one attached hydrogen (secondary N) is 1. The van der Waals surface area contributed by atoms with E-state index in [-0.39, 0.29) is 0 Å². The molecule has 1 aliphatic rings. The Morgan fingerprint density at radius 2 is 1.92 bits per heavy atom. The molecule has 0 saturated carbocycles. The maximum atomic E-state index is 10.3. The minimum Gasteiger partial charge on any atom is -0.491 e. The Balaban J connectivity index is 1.43. The van der Waals surface area contributed by atoms with Gasteiger partial charge in [-0.05, 0) is 36.2 Å². The van der Waals surface area contributed by atoms with Crippen LogP contribution in [0.15, 0.2) is 48.5 Å². The Morgan fingerprint density at radius 1 is 1.15 bits per heavy atom. The van der Waals surface area contributed by atoms with Crippen molar-refractivity contribution in [2.24, 2.45) is 0 Å². The Labute approximate surface area is 160 Å². The SMILES string of the molecule is CCc1cccc(OC[C@H](O)C[NH+]2CCN(c3ccccc3Cl)CC2)c1. The number of piperazine rings is 1. The van der Waals surface area contributed by atoms with E-state index in [1.165, 1.54) is 10.5 Å². The van der Waals surface area contributed by atoms with Crippen LogP contribution in [-0.4, -0.2) is 50.5 Å². The first kappa shape index (κ1) is 19.0. The van der Waals surface area contributed by atoms with Gasteiger partial charge in [0.1, 0.15) is 25.0 Å². The van der Waals surface area contributed by atoms with Crippen molar-refractivity contribution in [2.45, 2.75) is 19.4 Å². The van der Waals surface area contributed by atoms with E-state index in [2.05, 4.69) is 24.0 Å². The van der Waals surface area contributed by atoms with Gasteiger partial charge in [0, 0.05) is 0 Å². The second-order valence-corrected chi connectivity index (χ2v) is 7.27. The molecule has 2 aromatic carbocycles. The molecule has 5 heteroatoms.